The van der Waals surface area contributed by atoms with Crippen LogP contribution < -0.4 is 0 Å². The van der Waals surface area contributed by atoms with Crippen LogP contribution in [0.15, 0.2) is 24.3 Å². The van der Waals surface area contributed by atoms with Crippen LogP contribution in [0.2, 0.25) is 5.02 Å². The average Bonchev–Trinajstić information content (AvgIpc) is 2.50. The minimum Gasteiger partial charge on any atom is -0.244 e. The Morgan fingerprint density at radius 1 is 1.21 bits per heavy atom. The summed E-state index contributed by atoms with van der Waals surface area (Å²) >= 11 is 5.86. The molecule has 0 radical (unpaired) electrons. The van der Waals surface area contributed by atoms with Gasteiger partial charge in [-0.25, -0.2) is 10.0 Å². The second kappa shape index (κ2) is 3.89. The molecule has 1 aliphatic heterocycles. The van der Waals surface area contributed by atoms with E-state index < -0.39 is 0 Å². The maximum atomic E-state index is 5.86. The Balaban J connectivity index is 2.19. The molecule has 0 aromatic heterocycles. The third kappa shape index (κ3) is 1.78. The van der Waals surface area contributed by atoms with Crippen molar-refractivity contribution < 1.29 is 0 Å². The van der Waals surface area contributed by atoms with Crippen molar-refractivity contribution in [2.24, 2.45) is 0 Å². The lowest BCUT2D eigenvalue weighted by molar-refractivity contribution is 0.0529. The number of benzene rings is 1. The molecule has 0 aliphatic carbocycles. The average molecular weight is 211 g/mol. The highest BCUT2D eigenvalue weighted by molar-refractivity contribution is 6.30. The first-order valence-electron chi connectivity index (χ1n) is 4.88. The Hall–Kier alpha value is -0.570. The van der Waals surface area contributed by atoms with Crippen LogP contribution in [-0.2, 0) is 0 Å². The van der Waals surface area contributed by atoms with Crippen molar-refractivity contribution in [2.75, 3.05) is 20.6 Å². The molecule has 0 amide bonds. The lowest BCUT2D eigenvalue weighted by Gasteiger charge is -2.25. The van der Waals surface area contributed by atoms with E-state index in [2.05, 4.69) is 36.2 Å². The van der Waals surface area contributed by atoms with Gasteiger partial charge < -0.3 is 0 Å². The SMILES string of the molecule is CN1CCC(c2ccc(Cl)cc2)N1C. The van der Waals surface area contributed by atoms with Gasteiger partial charge in [0.2, 0.25) is 0 Å². The molecule has 14 heavy (non-hydrogen) atoms. The predicted molar refractivity (Wildman–Crippen MR) is 59.2 cm³/mol. The summed E-state index contributed by atoms with van der Waals surface area (Å²) in [6, 6.07) is 8.66. The Morgan fingerprint density at radius 3 is 2.36 bits per heavy atom. The number of hydrazine groups is 1. The molecule has 1 aliphatic rings. The maximum Gasteiger partial charge on any atom is 0.0504 e. The van der Waals surface area contributed by atoms with Crippen LogP contribution in [-0.4, -0.2) is 30.7 Å². The Labute approximate surface area is 90.0 Å². The highest BCUT2D eigenvalue weighted by Gasteiger charge is 2.26. The van der Waals surface area contributed by atoms with Crippen molar-refractivity contribution in [3.8, 4) is 0 Å². The summed E-state index contributed by atoms with van der Waals surface area (Å²) in [5.41, 5.74) is 1.35. The molecule has 1 aromatic rings. The molecule has 1 atom stereocenters. The largest absolute Gasteiger partial charge is 0.244 e. The zero-order chi connectivity index (χ0) is 10.1. The molecule has 0 spiro atoms. The van der Waals surface area contributed by atoms with Crippen molar-refractivity contribution in [3.63, 3.8) is 0 Å². The van der Waals surface area contributed by atoms with Gasteiger partial charge in [0.15, 0.2) is 0 Å². The summed E-state index contributed by atoms with van der Waals surface area (Å²) in [6.45, 7) is 1.13. The normalized spacial score (nSPS) is 24.4. The number of halogens is 1. The van der Waals surface area contributed by atoms with Gasteiger partial charge in [-0.2, -0.15) is 0 Å². The lowest BCUT2D eigenvalue weighted by atomic mass is 10.1. The first-order chi connectivity index (χ1) is 6.68. The highest BCUT2D eigenvalue weighted by Crippen LogP contribution is 2.30. The van der Waals surface area contributed by atoms with Crippen molar-refractivity contribution >= 4 is 11.6 Å². The highest BCUT2D eigenvalue weighted by atomic mass is 35.5. The monoisotopic (exact) mass is 210 g/mol. The maximum absolute atomic E-state index is 5.86. The smallest absolute Gasteiger partial charge is 0.0504 e. The molecular formula is C11H15ClN2. The number of rotatable bonds is 1. The fraction of sp³-hybridized carbons (Fsp3) is 0.455. The molecule has 1 unspecified atom stereocenters. The number of hydrogen-bond donors (Lipinski definition) is 0. The summed E-state index contributed by atoms with van der Waals surface area (Å²) in [4.78, 5) is 0. The van der Waals surface area contributed by atoms with E-state index in [1.807, 2.05) is 12.1 Å². The van der Waals surface area contributed by atoms with Gasteiger partial charge in [0, 0.05) is 25.7 Å². The van der Waals surface area contributed by atoms with Crippen LogP contribution in [0.25, 0.3) is 0 Å². The number of hydrogen-bond acceptors (Lipinski definition) is 2. The molecule has 1 heterocycles. The van der Waals surface area contributed by atoms with E-state index in [0.29, 0.717) is 6.04 Å². The van der Waals surface area contributed by atoms with Gasteiger partial charge in [0.25, 0.3) is 0 Å². The van der Waals surface area contributed by atoms with Gasteiger partial charge in [-0.15, -0.1) is 0 Å². The topological polar surface area (TPSA) is 6.48 Å². The van der Waals surface area contributed by atoms with E-state index in [9.17, 15) is 0 Å². The summed E-state index contributed by atoms with van der Waals surface area (Å²) in [6.07, 6.45) is 1.19. The molecule has 1 aromatic carbocycles. The van der Waals surface area contributed by atoms with E-state index in [4.69, 9.17) is 11.6 Å². The fourth-order valence-corrected chi connectivity index (χ4v) is 2.08. The third-order valence-corrected chi connectivity index (χ3v) is 3.22. The van der Waals surface area contributed by atoms with E-state index in [0.717, 1.165) is 11.6 Å². The van der Waals surface area contributed by atoms with Gasteiger partial charge in [0.05, 0.1) is 6.04 Å². The van der Waals surface area contributed by atoms with E-state index in [1.165, 1.54) is 12.0 Å². The first-order valence-corrected chi connectivity index (χ1v) is 5.25. The minimum absolute atomic E-state index is 0.511. The fourth-order valence-electron chi connectivity index (χ4n) is 1.96. The van der Waals surface area contributed by atoms with Crippen LogP contribution in [0.3, 0.4) is 0 Å². The van der Waals surface area contributed by atoms with Gasteiger partial charge >= 0.3 is 0 Å². The minimum atomic E-state index is 0.511. The molecule has 2 rings (SSSR count). The molecule has 1 fully saturated rings. The van der Waals surface area contributed by atoms with Gasteiger partial charge in [-0.05, 0) is 24.1 Å². The van der Waals surface area contributed by atoms with Crippen molar-refractivity contribution in [2.45, 2.75) is 12.5 Å². The van der Waals surface area contributed by atoms with Crippen LogP contribution >= 0.6 is 11.6 Å². The van der Waals surface area contributed by atoms with Crippen LogP contribution in [0.1, 0.15) is 18.0 Å². The Morgan fingerprint density at radius 2 is 1.86 bits per heavy atom. The van der Waals surface area contributed by atoms with Crippen LogP contribution in [0.5, 0.6) is 0 Å². The van der Waals surface area contributed by atoms with E-state index in [-0.39, 0.29) is 0 Å². The van der Waals surface area contributed by atoms with Gasteiger partial charge in [-0.1, -0.05) is 23.7 Å². The summed E-state index contributed by atoms with van der Waals surface area (Å²) in [7, 11) is 4.25. The standard InChI is InChI=1S/C11H15ClN2/c1-13-8-7-11(14(13)2)9-3-5-10(12)6-4-9/h3-6,11H,7-8H2,1-2H3. The lowest BCUT2D eigenvalue weighted by Crippen LogP contribution is -2.30. The van der Waals surface area contributed by atoms with Crippen molar-refractivity contribution in [1.29, 1.82) is 0 Å². The van der Waals surface area contributed by atoms with Gasteiger partial charge in [0.1, 0.15) is 0 Å². The van der Waals surface area contributed by atoms with Crippen molar-refractivity contribution in [3.05, 3.63) is 34.9 Å². The third-order valence-electron chi connectivity index (χ3n) is 2.97. The predicted octanol–water partition coefficient (Wildman–Crippen LogP) is 2.56. The molecular weight excluding hydrogens is 196 g/mol. The zero-order valence-corrected chi connectivity index (χ0v) is 9.33. The second-order valence-corrected chi connectivity index (χ2v) is 4.25. The van der Waals surface area contributed by atoms with E-state index in [1.54, 1.807) is 0 Å². The summed E-state index contributed by atoms with van der Waals surface area (Å²) in [5, 5.41) is 5.34. The van der Waals surface area contributed by atoms with Crippen LogP contribution in [0.4, 0.5) is 0 Å². The van der Waals surface area contributed by atoms with E-state index >= 15 is 0 Å². The molecule has 1 saturated heterocycles. The quantitative estimate of drug-likeness (QED) is 0.703. The summed E-state index contributed by atoms with van der Waals surface area (Å²) < 4.78 is 0. The first kappa shape index (κ1) is 9.97. The van der Waals surface area contributed by atoms with Crippen molar-refractivity contribution in [1.82, 2.24) is 10.0 Å². The van der Waals surface area contributed by atoms with Gasteiger partial charge in [-0.3, -0.25) is 0 Å². The second-order valence-electron chi connectivity index (χ2n) is 3.81. The number of nitrogens with zero attached hydrogens (tertiary/aromatic N) is 2. The zero-order valence-electron chi connectivity index (χ0n) is 8.57. The molecule has 76 valence electrons. The molecule has 0 bridgehead atoms. The molecule has 2 nitrogen and oxygen atoms in total. The Bertz CT molecular complexity index is 310. The van der Waals surface area contributed by atoms with Crippen LogP contribution in [0, 0.1) is 0 Å². The molecule has 3 heteroatoms. The molecule has 0 N–H and O–H groups in total. The Kier molecular flexibility index (Phi) is 2.77. The molecule has 0 saturated carbocycles. The summed E-state index contributed by atoms with van der Waals surface area (Å²) in [5.74, 6) is 0.